The van der Waals surface area contributed by atoms with Crippen molar-refractivity contribution in [2.24, 2.45) is 0 Å². The molecule has 0 spiro atoms. The van der Waals surface area contributed by atoms with Crippen molar-refractivity contribution in [2.75, 3.05) is 18.9 Å². The standard InChI is InChI=1S/C13H16N2O3/c1-8(16)7-15(2)13(18)9-3-4-11-10(5-9)6-12(17)14-11/h3-5,8,16H,6-7H2,1-2H3,(H,14,17). The first-order chi connectivity index (χ1) is 8.47. The van der Waals surface area contributed by atoms with Crippen molar-refractivity contribution >= 4 is 17.5 Å². The van der Waals surface area contributed by atoms with Crippen LogP contribution >= 0.6 is 0 Å². The Kier molecular flexibility index (Phi) is 3.34. The summed E-state index contributed by atoms with van der Waals surface area (Å²) in [5.74, 6) is -0.204. The third-order valence-corrected chi connectivity index (χ3v) is 2.86. The summed E-state index contributed by atoms with van der Waals surface area (Å²) in [6.07, 6.45) is -0.243. The van der Waals surface area contributed by atoms with E-state index in [4.69, 9.17) is 0 Å². The van der Waals surface area contributed by atoms with E-state index in [2.05, 4.69) is 5.32 Å². The Labute approximate surface area is 105 Å². The summed E-state index contributed by atoms with van der Waals surface area (Å²) in [5, 5.41) is 12.0. The lowest BCUT2D eigenvalue weighted by molar-refractivity contribution is -0.115. The number of benzene rings is 1. The fourth-order valence-corrected chi connectivity index (χ4v) is 2.06. The topological polar surface area (TPSA) is 69.6 Å². The zero-order chi connectivity index (χ0) is 13.3. The van der Waals surface area contributed by atoms with Gasteiger partial charge in [0.25, 0.3) is 5.91 Å². The number of nitrogens with zero attached hydrogens (tertiary/aromatic N) is 1. The number of carbonyl (C=O) groups is 2. The monoisotopic (exact) mass is 248 g/mol. The molecule has 1 aliphatic rings. The van der Waals surface area contributed by atoms with Crippen molar-refractivity contribution in [2.45, 2.75) is 19.4 Å². The van der Waals surface area contributed by atoms with Gasteiger partial charge in [-0.3, -0.25) is 9.59 Å². The highest BCUT2D eigenvalue weighted by molar-refractivity contribution is 6.01. The summed E-state index contributed by atoms with van der Waals surface area (Å²) in [7, 11) is 1.64. The van der Waals surface area contributed by atoms with Crippen LogP contribution < -0.4 is 5.32 Å². The molecule has 0 aliphatic carbocycles. The molecule has 0 fully saturated rings. The smallest absolute Gasteiger partial charge is 0.253 e. The van der Waals surface area contributed by atoms with Crippen LogP contribution in [0.2, 0.25) is 0 Å². The van der Waals surface area contributed by atoms with Crippen molar-refractivity contribution in [1.82, 2.24) is 4.90 Å². The number of nitrogens with one attached hydrogen (secondary N) is 1. The lowest BCUT2D eigenvalue weighted by Gasteiger charge is -2.19. The number of carbonyl (C=O) groups excluding carboxylic acids is 2. The Morgan fingerprint density at radius 3 is 2.94 bits per heavy atom. The summed E-state index contributed by atoms with van der Waals surface area (Å²) < 4.78 is 0. The average Bonchev–Trinajstić information content (AvgIpc) is 2.65. The molecule has 2 rings (SSSR count). The highest BCUT2D eigenvalue weighted by atomic mass is 16.3. The maximum atomic E-state index is 12.1. The Bertz CT molecular complexity index is 497. The summed E-state index contributed by atoms with van der Waals surface area (Å²) in [5.41, 5.74) is 2.15. The molecule has 0 radical (unpaired) electrons. The first kappa shape index (κ1) is 12.6. The van der Waals surface area contributed by atoms with Crippen molar-refractivity contribution in [3.63, 3.8) is 0 Å². The number of rotatable bonds is 3. The number of amides is 2. The minimum absolute atomic E-state index is 0.0491. The first-order valence-corrected chi connectivity index (χ1v) is 5.83. The van der Waals surface area contributed by atoms with Crippen molar-refractivity contribution in [1.29, 1.82) is 0 Å². The minimum Gasteiger partial charge on any atom is -0.392 e. The van der Waals surface area contributed by atoms with E-state index < -0.39 is 6.10 Å². The molecule has 5 heteroatoms. The molecular weight excluding hydrogens is 232 g/mol. The number of anilines is 1. The summed E-state index contributed by atoms with van der Waals surface area (Å²) in [6.45, 7) is 1.92. The molecule has 2 amide bonds. The number of hydrogen-bond donors (Lipinski definition) is 2. The van der Waals surface area contributed by atoms with Crippen LogP contribution in [-0.2, 0) is 11.2 Å². The Balaban J connectivity index is 2.17. The number of likely N-dealkylation sites (N-methyl/N-ethyl adjacent to an activating group) is 1. The molecule has 5 nitrogen and oxygen atoms in total. The van der Waals surface area contributed by atoms with Gasteiger partial charge < -0.3 is 15.3 Å². The fourth-order valence-electron chi connectivity index (χ4n) is 2.06. The second-order valence-electron chi connectivity index (χ2n) is 4.63. The molecule has 1 unspecified atom stereocenters. The van der Waals surface area contributed by atoms with Crippen LogP contribution in [0.1, 0.15) is 22.8 Å². The summed E-state index contributed by atoms with van der Waals surface area (Å²) in [4.78, 5) is 24.8. The van der Waals surface area contributed by atoms with Gasteiger partial charge in [-0.1, -0.05) is 0 Å². The second-order valence-corrected chi connectivity index (χ2v) is 4.63. The molecule has 0 bridgehead atoms. The maximum Gasteiger partial charge on any atom is 0.253 e. The van der Waals surface area contributed by atoms with Gasteiger partial charge in [0, 0.05) is 24.8 Å². The maximum absolute atomic E-state index is 12.1. The fraction of sp³-hybridized carbons (Fsp3) is 0.385. The number of fused-ring (bicyclic) bond motifs is 1. The van der Waals surface area contributed by atoms with Gasteiger partial charge in [0.05, 0.1) is 12.5 Å². The van der Waals surface area contributed by atoms with Crippen molar-refractivity contribution in [3.8, 4) is 0 Å². The normalized spacial score (nSPS) is 14.9. The van der Waals surface area contributed by atoms with Crippen LogP contribution in [0.25, 0.3) is 0 Å². The number of aliphatic hydroxyl groups is 1. The SMILES string of the molecule is CC(O)CN(C)C(=O)c1ccc2c(c1)CC(=O)N2. The van der Waals surface area contributed by atoms with Gasteiger partial charge in [-0.15, -0.1) is 0 Å². The molecule has 1 aliphatic heterocycles. The molecular formula is C13H16N2O3. The predicted octanol–water partition coefficient (Wildman–Crippen LogP) is 0.634. The van der Waals surface area contributed by atoms with Gasteiger partial charge in [-0.2, -0.15) is 0 Å². The highest BCUT2D eigenvalue weighted by Crippen LogP contribution is 2.24. The molecule has 18 heavy (non-hydrogen) atoms. The summed E-state index contributed by atoms with van der Waals surface area (Å²) >= 11 is 0. The van der Waals surface area contributed by atoms with Crippen molar-refractivity contribution in [3.05, 3.63) is 29.3 Å². The minimum atomic E-state index is -0.559. The van der Waals surface area contributed by atoms with Crippen molar-refractivity contribution < 1.29 is 14.7 Å². The lowest BCUT2D eigenvalue weighted by atomic mass is 10.1. The molecule has 1 heterocycles. The number of aliphatic hydroxyl groups excluding tert-OH is 1. The van der Waals surface area contributed by atoms with Crippen LogP contribution in [0.4, 0.5) is 5.69 Å². The zero-order valence-electron chi connectivity index (χ0n) is 10.4. The van der Waals surface area contributed by atoms with Gasteiger partial charge >= 0.3 is 0 Å². The molecule has 1 atom stereocenters. The first-order valence-electron chi connectivity index (χ1n) is 5.83. The molecule has 0 saturated heterocycles. The Hall–Kier alpha value is -1.88. The van der Waals surface area contributed by atoms with E-state index in [0.29, 0.717) is 12.0 Å². The Morgan fingerprint density at radius 2 is 2.28 bits per heavy atom. The molecule has 1 aromatic carbocycles. The van der Waals surface area contributed by atoms with Crippen LogP contribution in [-0.4, -0.2) is 41.5 Å². The van der Waals surface area contributed by atoms with E-state index in [0.717, 1.165) is 11.3 Å². The van der Waals surface area contributed by atoms with E-state index >= 15 is 0 Å². The van der Waals surface area contributed by atoms with Crippen LogP contribution in [0.5, 0.6) is 0 Å². The van der Waals surface area contributed by atoms with Gasteiger partial charge in [0.2, 0.25) is 5.91 Å². The van der Waals surface area contributed by atoms with Gasteiger partial charge in [-0.05, 0) is 30.7 Å². The molecule has 96 valence electrons. The van der Waals surface area contributed by atoms with Crippen LogP contribution in [0.3, 0.4) is 0 Å². The molecule has 0 saturated carbocycles. The largest absolute Gasteiger partial charge is 0.392 e. The quantitative estimate of drug-likeness (QED) is 0.824. The molecule has 1 aromatic rings. The average molecular weight is 248 g/mol. The Morgan fingerprint density at radius 1 is 1.56 bits per heavy atom. The second kappa shape index (κ2) is 4.78. The van der Waals surface area contributed by atoms with Crippen LogP contribution in [0.15, 0.2) is 18.2 Å². The van der Waals surface area contributed by atoms with Crippen LogP contribution in [0, 0.1) is 0 Å². The van der Waals surface area contributed by atoms with Gasteiger partial charge in [0.15, 0.2) is 0 Å². The van der Waals surface area contributed by atoms with E-state index in [1.54, 1.807) is 32.2 Å². The number of hydrogen-bond acceptors (Lipinski definition) is 3. The third-order valence-electron chi connectivity index (χ3n) is 2.86. The molecule has 2 N–H and O–H groups in total. The molecule has 0 aromatic heterocycles. The predicted molar refractivity (Wildman–Crippen MR) is 67.4 cm³/mol. The van der Waals surface area contributed by atoms with E-state index in [1.807, 2.05) is 0 Å². The third kappa shape index (κ3) is 2.51. The van der Waals surface area contributed by atoms with E-state index in [-0.39, 0.29) is 18.4 Å². The highest BCUT2D eigenvalue weighted by Gasteiger charge is 2.20. The van der Waals surface area contributed by atoms with E-state index in [9.17, 15) is 14.7 Å². The zero-order valence-corrected chi connectivity index (χ0v) is 10.4. The van der Waals surface area contributed by atoms with E-state index in [1.165, 1.54) is 4.90 Å². The van der Waals surface area contributed by atoms with Gasteiger partial charge in [0.1, 0.15) is 0 Å². The lowest BCUT2D eigenvalue weighted by Crippen LogP contribution is -2.33. The van der Waals surface area contributed by atoms with Gasteiger partial charge in [-0.25, -0.2) is 0 Å². The summed E-state index contributed by atoms with van der Waals surface area (Å²) in [6, 6.07) is 5.16.